The fourth-order valence-corrected chi connectivity index (χ4v) is 1.87. The lowest BCUT2D eigenvalue weighted by molar-refractivity contribution is 0.464. The molecule has 2 aromatic rings. The predicted octanol–water partition coefficient (Wildman–Crippen LogP) is 3.07. The SMILES string of the molecule is C=CCNc1ncnc(Oc2cc(C)cc(C)c2)c1N. The highest BCUT2D eigenvalue weighted by atomic mass is 16.5. The Hall–Kier alpha value is -2.56. The van der Waals surface area contributed by atoms with Crippen molar-refractivity contribution in [1.82, 2.24) is 9.97 Å². The van der Waals surface area contributed by atoms with Gasteiger partial charge < -0.3 is 15.8 Å². The Morgan fingerprint density at radius 3 is 2.60 bits per heavy atom. The molecular weight excluding hydrogens is 252 g/mol. The number of nitrogens with two attached hydrogens (primary N) is 1. The minimum atomic E-state index is 0.344. The van der Waals surface area contributed by atoms with Crippen molar-refractivity contribution < 1.29 is 4.74 Å². The lowest BCUT2D eigenvalue weighted by Gasteiger charge is -2.11. The quantitative estimate of drug-likeness (QED) is 0.817. The van der Waals surface area contributed by atoms with Gasteiger partial charge in [0, 0.05) is 6.54 Å². The molecule has 3 N–H and O–H groups in total. The van der Waals surface area contributed by atoms with Crippen LogP contribution < -0.4 is 15.8 Å². The number of benzene rings is 1. The van der Waals surface area contributed by atoms with Gasteiger partial charge >= 0.3 is 0 Å². The minimum absolute atomic E-state index is 0.344. The summed E-state index contributed by atoms with van der Waals surface area (Å²) in [4.78, 5) is 8.16. The lowest BCUT2D eigenvalue weighted by Crippen LogP contribution is -2.06. The summed E-state index contributed by atoms with van der Waals surface area (Å²) >= 11 is 0. The van der Waals surface area contributed by atoms with E-state index in [4.69, 9.17) is 10.5 Å². The molecule has 0 saturated heterocycles. The molecule has 0 fully saturated rings. The van der Waals surface area contributed by atoms with Gasteiger partial charge in [0.05, 0.1) is 0 Å². The number of hydrogen-bond donors (Lipinski definition) is 2. The van der Waals surface area contributed by atoms with Crippen LogP contribution in [0.2, 0.25) is 0 Å². The van der Waals surface area contributed by atoms with Gasteiger partial charge in [-0.1, -0.05) is 12.1 Å². The Morgan fingerprint density at radius 1 is 1.25 bits per heavy atom. The summed E-state index contributed by atoms with van der Waals surface area (Å²) < 4.78 is 5.75. The molecule has 0 spiro atoms. The molecule has 0 bridgehead atoms. The summed E-state index contributed by atoms with van der Waals surface area (Å²) in [5.74, 6) is 1.60. The van der Waals surface area contributed by atoms with Gasteiger partial charge in [0.2, 0.25) is 5.88 Å². The van der Waals surface area contributed by atoms with E-state index in [2.05, 4.69) is 27.9 Å². The fraction of sp³-hybridized carbons (Fsp3) is 0.200. The maximum Gasteiger partial charge on any atom is 0.248 e. The highest BCUT2D eigenvalue weighted by Gasteiger charge is 2.10. The molecule has 0 unspecified atom stereocenters. The van der Waals surface area contributed by atoms with E-state index in [1.54, 1.807) is 6.08 Å². The van der Waals surface area contributed by atoms with Crippen LogP contribution in [0.3, 0.4) is 0 Å². The standard InChI is InChI=1S/C15H18N4O/c1-4-5-17-14-13(16)15(19-9-18-14)20-12-7-10(2)6-11(3)8-12/h4,6-9H,1,5,16H2,2-3H3,(H,17,18,19). The van der Waals surface area contributed by atoms with Gasteiger partial charge in [-0.2, -0.15) is 4.98 Å². The molecule has 0 aliphatic heterocycles. The van der Waals surface area contributed by atoms with Crippen LogP contribution in [0.15, 0.2) is 37.2 Å². The maximum absolute atomic E-state index is 6.00. The third-order valence-corrected chi connectivity index (χ3v) is 2.67. The third kappa shape index (κ3) is 3.26. The zero-order valence-electron chi connectivity index (χ0n) is 11.7. The van der Waals surface area contributed by atoms with Gasteiger partial charge in [0.1, 0.15) is 17.8 Å². The average molecular weight is 270 g/mol. The number of nitrogens with zero attached hydrogens (tertiary/aromatic N) is 2. The first kappa shape index (κ1) is 13.9. The molecule has 1 heterocycles. The summed E-state index contributed by atoms with van der Waals surface area (Å²) in [5, 5.41) is 3.04. The number of aromatic nitrogens is 2. The first-order valence-corrected chi connectivity index (χ1v) is 6.31. The number of rotatable bonds is 5. The molecule has 0 radical (unpaired) electrons. The normalized spacial score (nSPS) is 10.1. The van der Waals surface area contributed by atoms with E-state index < -0.39 is 0 Å². The van der Waals surface area contributed by atoms with Gasteiger partial charge in [0.25, 0.3) is 0 Å². The number of anilines is 2. The largest absolute Gasteiger partial charge is 0.437 e. The van der Waals surface area contributed by atoms with Crippen molar-refractivity contribution >= 4 is 11.5 Å². The highest BCUT2D eigenvalue weighted by Crippen LogP contribution is 2.29. The molecule has 0 aliphatic rings. The summed E-state index contributed by atoms with van der Waals surface area (Å²) in [6.45, 7) is 8.24. The highest BCUT2D eigenvalue weighted by molar-refractivity contribution is 5.67. The second-order valence-corrected chi connectivity index (χ2v) is 4.54. The second kappa shape index (κ2) is 6.06. The Morgan fingerprint density at radius 2 is 1.95 bits per heavy atom. The Bertz CT molecular complexity index is 605. The van der Waals surface area contributed by atoms with E-state index in [0.717, 1.165) is 11.1 Å². The van der Waals surface area contributed by atoms with E-state index in [1.807, 2.05) is 26.0 Å². The van der Waals surface area contributed by atoms with Crippen LogP contribution in [0.1, 0.15) is 11.1 Å². The van der Waals surface area contributed by atoms with Crippen LogP contribution in [-0.4, -0.2) is 16.5 Å². The molecule has 2 rings (SSSR count). The second-order valence-electron chi connectivity index (χ2n) is 4.54. The van der Waals surface area contributed by atoms with Crippen LogP contribution in [0, 0.1) is 13.8 Å². The lowest BCUT2D eigenvalue weighted by atomic mass is 10.1. The first-order chi connectivity index (χ1) is 9.60. The van der Waals surface area contributed by atoms with Crippen molar-refractivity contribution in [2.75, 3.05) is 17.6 Å². The van der Waals surface area contributed by atoms with Crippen molar-refractivity contribution in [3.8, 4) is 11.6 Å². The minimum Gasteiger partial charge on any atom is -0.437 e. The van der Waals surface area contributed by atoms with E-state index in [-0.39, 0.29) is 0 Å². The predicted molar refractivity (Wildman–Crippen MR) is 81.1 cm³/mol. The van der Waals surface area contributed by atoms with E-state index in [9.17, 15) is 0 Å². The molecule has 5 heteroatoms. The van der Waals surface area contributed by atoms with Gasteiger partial charge in [0.15, 0.2) is 5.82 Å². The van der Waals surface area contributed by atoms with Crippen LogP contribution in [0.5, 0.6) is 11.6 Å². The molecule has 0 atom stereocenters. The molecule has 1 aromatic heterocycles. The monoisotopic (exact) mass is 270 g/mol. The number of hydrogen-bond acceptors (Lipinski definition) is 5. The van der Waals surface area contributed by atoms with Crippen molar-refractivity contribution in [3.05, 3.63) is 48.3 Å². The molecule has 0 aliphatic carbocycles. The molecule has 0 saturated carbocycles. The molecule has 1 aromatic carbocycles. The molecular formula is C15H18N4O. The van der Waals surface area contributed by atoms with Crippen LogP contribution in [-0.2, 0) is 0 Å². The zero-order valence-corrected chi connectivity index (χ0v) is 11.7. The van der Waals surface area contributed by atoms with Crippen molar-refractivity contribution in [3.63, 3.8) is 0 Å². The third-order valence-electron chi connectivity index (χ3n) is 2.67. The topological polar surface area (TPSA) is 73.1 Å². The van der Waals surface area contributed by atoms with Crippen LogP contribution in [0.4, 0.5) is 11.5 Å². The summed E-state index contributed by atoms with van der Waals surface area (Å²) in [5.41, 5.74) is 8.63. The first-order valence-electron chi connectivity index (χ1n) is 6.31. The maximum atomic E-state index is 6.00. The Labute approximate surface area is 118 Å². The van der Waals surface area contributed by atoms with Gasteiger partial charge in [-0.15, -0.1) is 6.58 Å². The van der Waals surface area contributed by atoms with E-state index >= 15 is 0 Å². The van der Waals surface area contributed by atoms with Gasteiger partial charge in [-0.3, -0.25) is 0 Å². The summed E-state index contributed by atoms with van der Waals surface area (Å²) in [7, 11) is 0. The Kier molecular flexibility index (Phi) is 4.20. The molecule has 0 amide bonds. The molecule has 5 nitrogen and oxygen atoms in total. The smallest absolute Gasteiger partial charge is 0.248 e. The van der Waals surface area contributed by atoms with Gasteiger partial charge in [-0.05, 0) is 37.1 Å². The Balaban J connectivity index is 2.26. The summed E-state index contributed by atoms with van der Waals surface area (Å²) in [6, 6.07) is 5.95. The number of nitrogens with one attached hydrogen (secondary N) is 1. The van der Waals surface area contributed by atoms with Gasteiger partial charge in [-0.25, -0.2) is 4.98 Å². The van der Waals surface area contributed by atoms with Crippen LogP contribution >= 0.6 is 0 Å². The van der Waals surface area contributed by atoms with Crippen molar-refractivity contribution in [1.29, 1.82) is 0 Å². The summed E-state index contributed by atoms with van der Waals surface area (Å²) in [6.07, 6.45) is 3.14. The van der Waals surface area contributed by atoms with Crippen molar-refractivity contribution in [2.24, 2.45) is 0 Å². The van der Waals surface area contributed by atoms with Crippen LogP contribution in [0.25, 0.3) is 0 Å². The molecule has 104 valence electrons. The average Bonchev–Trinajstić information content (AvgIpc) is 2.38. The van der Waals surface area contributed by atoms with Crippen molar-refractivity contribution in [2.45, 2.75) is 13.8 Å². The fourth-order valence-electron chi connectivity index (χ4n) is 1.87. The zero-order chi connectivity index (χ0) is 14.5. The van der Waals surface area contributed by atoms with E-state index in [1.165, 1.54) is 6.33 Å². The molecule has 20 heavy (non-hydrogen) atoms. The number of ether oxygens (including phenoxy) is 1. The number of aryl methyl sites for hydroxylation is 2. The van der Waals surface area contributed by atoms with E-state index in [0.29, 0.717) is 29.7 Å². The number of nitrogen functional groups attached to an aromatic ring is 1.